The van der Waals surface area contributed by atoms with Crippen LogP contribution in [0.5, 0.6) is 0 Å². The number of hydrogen-bond acceptors (Lipinski definition) is 4. The summed E-state index contributed by atoms with van der Waals surface area (Å²) in [5.41, 5.74) is 1.69. The van der Waals surface area contributed by atoms with Gasteiger partial charge in [-0.3, -0.25) is 4.72 Å². The van der Waals surface area contributed by atoms with E-state index in [1.54, 1.807) is 37.3 Å². The molecular formula is C20H24N2O4S. The Kier molecular flexibility index (Phi) is 5.41. The Morgan fingerprint density at radius 2 is 1.96 bits per heavy atom. The van der Waals surface area contributed by atoms with Crippen LogP contribution < -0.4 is 9.62 Å². The predicted molar refractivity (Wildman–Crippen MR) is 106 cm³/mol. The van der Waals surface area contributed by atoms with Crippen molar-refractivity contribution in [3.63, 3.8) is 0 Å². The van der Waals surface area contributed by atoms with E-state index in [1.807, 2.05) is 0 Å². The van der Waals surface area contributed by atoms with Gasteiger partial charge in [-0.15, -0.1) is 0 Å². The van der Waals surface area contributed by atoms with Crippen LogP contribution in [0, 0.1) is 12.8 Å². The molecule has 6 nitrogen and oxygen atoms in total. The average molecular weight is 388 g/mol. The van der Waals surface area contributed by atoms with Gasteiger partial charge in [0, 0.05) is 13.1 Å². The highest BCUT2D eigenvalue weighted by Gasteiger charge is 2.23. The Bertz CT molecular complexity index is 956. The third-order valence-electron chi connectivity index (χ3n) is 4.87. The van der Waals surface area contributed by atoms with Crippen molar-refractivity contribution in [1.29, 1.82) is 0 Å². The monoisotopic (exact) mass is 388 g/mol. The SMILES string of the molecule is Cc1ccccc1S(=O)(=O)Nc1cc(C(=O)O)ccc1N1CCC[C@@H](C)C1. The van der Waals surface area contributed by atoms with Crippen LogP contribution in [0.3, 0.4) is 0 Å². The zero-order chi connectivity index (χ0) is 19.6. The van der Waals surface area contributed by atoms with Crippen LogP contribution in [0.15, 0.2) is 47.4 Å². The maximum absolute atomic E-state index is 12.9. The first kappa shape index (κ1) is 19.2. The highest BCUT2D eigenvalue weighted by molar-refractivity contribution is 7.92. The van der Waals surface area contributed by atoms with Gasteiger partial charge < -0.3 is 10.0 Å². The van der Waals surface area contributed by atoms with Gasteiger partial charge in [0.2, 0.25) is 0 Å². The summed E-state index contributed by atoms with van der Waals surface area (Å²) >= 11 is 0. The van der Waals surface area contributed by atoms with E-state index in [-0.39, 0.29) is 10.5 Å². The maximum Gasteiger partial charge on any atom is 0.335 e. The minimum Gasteiger partial charge on any atom is -0.478 e. The van der Waals surface area contributed by atoms with Gasteiger partial charge in [0.25, 0.3) is 10.0 Å². The predicted octanol–water partition coefficient (Wildman–Crippen LogP) is 3.73. The molecule has 2 aromatic carbocycles. The largest absolute Gasteiger partial charge is 0.478 e. The van der Waals surface area contributed by atoms with Crippen molar-refractivity contribution in [3.8, 4) is 0 Å². The van der Waals surface area contributed by atoms with Crippen LogP contribution in [-0.4, -0.2) is 32.6 Å². The highest BCUT2D eigenvalue weighted by atomic mass is 32.2. The van der Waals surface area contributed by atoms with Crippen molar-refractivity contribution in [2.24, 2.45) is 5.92 Å². The molecule has 3 rings (SSSR count). The van der Waals surface area contributed by atoms with Gasteiger partial charge in [0.05, 0.1) is 21.8 Å². The van der Waals surface area contributed by atoms with Gasteiger partial charge in [-0.2, -0.15) is 0 Å². The molecular weight excluding hydrogens is 364 g/mol. The number of aryl methyl sites for hydroxylation is 1. The number of hydrogen-bond donors (Lipinski definition) is 2. The molecule has 0 unspecified atom stereocenters. The number of carboxylic acid groups (broad SMARTS) is 1. The second-order valence-corrected chi connectivity index (χ2v) is 8.75. The summed E-state index contributed by atoms with van der Waals surface area (Å²) in [5, 5.41) is 9.32. The highest BCUT2D eigenvalue weighted by Crippen LogP contribution is 2.33. The third-order valence-corrected chi connectivity index (χ3v) is 6.39. The normalized spacial score (nSPS) is 17.6. The molecule has 1 aliphatic heterocycles. The van der Waals surface area contributed by atoms with E-state index in [1.165, 1.54) is 12.1 Å². The van der Waals surface area contributed by atoms with Crippen molar-refractivity contribution >= 4 is 27.4 Å². The third kappa shape index (κ3) is 4.24. The molecule has 1 saturated heterocycles. The van der Waals surface area contributed by atoms with Crippen LogP contribution >= 0.6 is 0 Å². The molecule has 1 heterocycles. The quantitative estimate of drug-likeness (QED) is 0.815. The summed E-state index contributed by atoms with van der Waals surface area (Å²) in [6.07, 6.45) is 2.15. The van der Waals surface area contributed by atoms with Crippen molar-refractivity contribution in [2.75, 3.05) is 22.7 Å². The van der Waals surface area contributed by atoms with Crippen LogP contribution in [0.2, 0.25) is 0 Å². The average Bonchev–Trinajstić information content (AvgIpc) is 2.61. The lowest BCUT2D eigenvalue weighted by atomic mass is 9.99. The topological polar surface area (TPSA) is 86.7 Å². The van der Waals surface area contributed by atoms with E-state index in [0.717, 1.165) is 25.9 Å². The molecule has 0 spiro atoms. The smallest absolute Gasteiger partial charge is 0.335 e. The molecule has 7 heteroatoms. The Labute approximate surface area is 159 Å². The summed E-state index contributed by atoms with van der Waals surface area (Å²) in [6, 6.07) is 11.3. The number of benzene rings is 2. The first-order chi connectivity index (χ1) is 12.8. The number of piperidine rings is 1. The van der Waals surface area contributed by atoms with Gasteiger partial charge in [0.1, 0.15) is 0 Å². The first-order valence-electron chi connectivity index (χ1n) is 8.98. The van der Waals surface area contributed by atoms with E-state index in [0.29, 0.717) is 22.9 Å². The van der Waals surface area contributed by atoms with E-state index in [2.05, 4.69) is 16.5 Å². The zero-order valence-electron chi connectivity index (χ0n) is 15.5. The number of nitrogens with one attached hydrogen (secondary N) is 1. The number of rotatable bonds is 5. The number of carbonyl (C=O) groups is 1. The lowest BCUT2D eigenvalue weighted by molar-refractivity contribution is 0.0697. The molecule has 0 saturated carbocycles. The molecule has 1 fully saturated rings. The lowest BCUT2D eigenvalue weighted by Gasteiger charge is -2.34. The minimum absolute atomic E-state index is 0.0475. The molecule has 27 heavy (non-hydrogen) atoms. The fraction of sp³-hybridized carbons (Fsp3) is 0.350. The van der Waals surface area contributed by atoms with Crippen LogP contribution in [0.1, 0.15) is 35.7 Å². The molecule has 2 N–H and O–H groups in total. The fourth-order valence-electron chi connectivity index (χ4n) is 3.49. The molecule has 0 aliphatic carbocycles. The summed E-state index contributed by atoms with van der Waals surface area (Å²) < 4.78 is 28.5. The second kappa shape index (κ2) is 7.60. The van der Waals surface area contributed by atoms with E-state index in [4.69, 9.17) is 0 Å². The summed E-state index contributed by atoms with van der Waals surface area (Å²) in [5.74, 6) is -0.594. The fourth-order valence-corrected chi connectivity index (χ4v) is 4.81. The molecule has 0 radical (unpaired) electrons. The summed E-state index contributed by atoms with van der Waals surface area (Å²) in [7, 11) is -3.83. The Balaban J connectivity index is 2.03. The lowest BCUT2D eigenvalue weighted by Crippen LogP contribution is -2.35. The van der Waals surface area contributed by atoms with Gasteiger partial charge >= 0.3 is 5.97 Å². The molecule has 2 aromatic rings. The van der Waals surface area contributed by atoms with Crippen LogP contribution in [-0.2, 0) is 10.0 Å². The number of carboxylic acids is 1. The molecule has 144 valence electrons. The Hall–Kier alpha value is -2.54. The van der Waals surface area contributed by atoms with Crippen molar-refractivity contribution in [3.05, 3.63) is 53.6 Å². The summed E-state index contributed by atoms with van der Waals surface area (Å²) in [6.45, 7) is 5.52. The number of anilines is 2. The van der Waals surface area contributed by atoms with E-state index < -0.39 is 16.0 Å². The number of sulfonamides is 1. The van der Waals surface area contributed by atoms with Gasteiger partial charge in [-0.1, -0.05) is 25.1 Å². The molecule has 0 bridgehead atoms. The van der Waals surface area contributed by atoms with Crippen molar-refractivity contribution in [2.45, 2.75) is 31.6 Å². The maximum atomic E-state index is 12.9. The number of nitrogens with zero attached hydrogens (tertiary/aromatic N) is 1. The van der Waals surface area contributed by atoms with Crippen LogP contribution in [0.4, 0.5) is 11.4 Å². The van der Waals surface area contributed by atoms with Crippen molar-refractivity contribution < 1.29 is 18.3 Å². The van der Waals surface area contributed by atoms with Gasteiger partial charge in [-0.05, 0) is 55.5 Å². The van der Waals surface area contributed by atoms with E-state index >= 15 is 0 Å². The zero-order valence-corrected chi connectivity index (χ0v) is 16.3. The Morgan fingerprint density at radius 1 is 1.22 bits per heavy atom. The number of aromatic carboxylic acids is 1. The standard InChI is InChI=1S/C20H24N2O4S/c1-14-6-5-11-22(13-14)18-10-9-16(20(23)24)12-17(18)21-27(25,26)19-8-4-3-7-15(19)2/h3-4,7-10,12,14,21H,5-6,11,13H2,1-2H3,(H,23,24)/t14-/m1/s1. The first-order valence-corrected chi connectivity index (χ1v) is 10.5. The molecule has 1 aliphatic rings. The molecule has 0 amide bonds. The Morgan fingerprint density at radius 3 is 2.63 bits per heavy atom. The molecule has 0 aromatic heterocycles. The summed E-state index contributed by atoms with van der Waals surface area (Å²) in [4.78, 5) is 13.7. The van der Waals surface area contributed by atoms with E-state index in [9.17, 15) is 18.3 Å². The molecule has 1 atom stereocenters. The van der Waals surface area contributed by atoms with Gasteiger partial charge in [-0.25, -0.2) is 13.2 Å². The minimum atomic E-state index is -3.83. The van der Waals surface area contributed by atoms with Crippen LogP contribution in [0.25, 0.3) is 0 Å². The second-order valence-electron chi connectivity index (χ2n) is 7.10. The van der Waals surface area contributed by atoms with Crippen molar-refractivity contribution in [1.82, 2.24) is 0 Å². The van der Waals surface area contributed by atoms with Gasteiger partial charge in [0.15, 0.2) is 0 Å².